The van der Waals surface area contributed by atoms with Gasteiger partial charge in [0.2, 0.25) is 0 Å². The minimum Gasteiger partial charge on any atom is -0.476 e. The average Bonchev–Trinajstić information content (AvgIpc) is 3.02. The number of nitrogen functional groups attached to an aromatic ring is 1. The van der Waals surface area contributed by atoms with E-state index in [0.717, 1.165) is 17.0 Å². The molecule has 10 heteroatoms. The summed E-state index contributed by atoms with van der Waals surface area (Å²) in [5.74, 6) is -1.26. The van der Waals surface area contributed by atoms with Crippen LogP contribution in [0.4, 0.5) is 10.6 Å². The summed E-state index contributed by atoms with van der Waals surface area (Å²) in [7, 11) is 0. The van der Waals surface area contributed by atoms with Crippen molar-refractivity contribution in [1.82, 2.24) is 25.1 Å². The van der Waals surface area contributed by atoms with Crippen LogP contribution in [0.5, 0.6) is 0 Å². The topological polar surface area (TPSA) is 147 Å². The van der Waals surface area contributed by atoms with Crippen LogP contribution in [-0.4, -0.2) is 60.9 Å². The molecule has 1 amide bonds. The van der Waals surface area contributed by atoms with Crippen molar-refractivity contribution in [1.29, 1.82) is 0 Å². The minimum absolute atomic E-state index is 0.0984. The molecule has 1 aliphatic rings. The Morgan fingerprint density at radius 2 is 1.97 bits per heavy atom. The van der Waals surface area contributed by atoms with Crippen LogP contribution in [0.25, 0.3) is 11.3 Å². The molecule has 0 aliphatic carbocycles. The normalized spacial score (nSPS) is 15.4. The molecule has 3 heterocycles. The van der Waals surface area contributed by atoms with Gasteiger partial charge in [-0.3, -0.25) is 5.10 Å². The summed E-state index contributed by atoms with van der Waals surface area (Å²) in [4.78, 5) is 33.5. The average molecular weight is 402 g/mol. The summed E-state index contributed by atoms with van der Waals surface area (Å²) in [6, 6.07) is 0. The summed E-state index contributed by atoms with van der Waals surface area (Å²) in [6.07, 6.45) is 2.57. The zero-order valence-electron chi connectivity index (χ0n) is 17.0. The van der Waals surface area contributed by atoms with E-state index in [1.165, 1.54) is 6.20 Å². The lowest BCUT2D eigenvalue weighted by molar-refractivity contribution is 0.0204. The first-order valence-electron chi connectivity index (χ1n) is 9.45. The van der Waals surface area contributed by atoms with Gasteiger partial charge in [0.25, 0.3) is 0 Å². The van der Waals surface area contributed by atoms with E-state index in [1.807, 2.05) is 27.7 Å². The number of nitrogens with one attached hydrogen (secondary N) is 1. The fourth-order valence-electron chi connectivity index (χ4n) is 3.40. The molecule has 10 nitrogen and oxygen atoms in total. The van der Waals surface area contributed by atoms with Crippen LogP contribution in [0.3, 0.4) is 0 Å². The second-order valence-corrected chi connectivity index (χ2v) is 8.14. The molecule has 1 aliphatic heterocycles. The molecule has 4 N–H and O–H groups in total. The number of hydrogen-bond donors (Lipinski definition) is 3. The fraction of sp³-hybridized carbons (Fsp3) is 0.526. The number of carbonyl (C=O) groups excluding carboxylic acids is 1. The van der Waals surface area contributed by atoms with Crippen LogP contribution in [0, 0.1) is 6.92 Å². The number of nitrogens with zero attached hydrogens (tertiary/aromatic N) is 4. The first-order valence-corrected chi connectivity index (χ1v) is 9.45. The largest absolute Gasteiger partial charge is 0.476 e. The molecule has 3 rings (SSSR count). The summed E-state index contributed by atoms with van der Waals surface area (Å²) >= 11 is 0. The van der Waals surface area contributed by atoms with Crippen LogP contribution in [-0.2, 0) is 4.74 Å². The Balaban J connectivity index is 1.80. The van der Waals surface area contributed by atoms with E-state index in [1.54, 1.807) is 4.90 Å². The lowest BCUT2D eigenvalue weighted by atomic mass is 9.90. The molecule has 0 radical (unpaired) electrons. The molecule has 156 valence electrons. The summed E-state index contributed by atoms with van der Waals surface area (Å²) in [5.41, 5.74) is 7.51. The van der Waals surface area contributed by atoms with E-state index >= 15 is 0 Å². The third-order valence-corrected chi connectivity index (χ3v) is 4.77. The lowest BCUT2D eigenvalue weighted by Gasteiger charge is -2.33. The second kappa shape index (κ2) is 7.69. The number of hydrogen-bond acceptors (Lipinski definition) is 7. The third-order valence-electron chi connectivity index (χ3n) is 4.77. The molecular formula is C19H26N6O4. The highest BCUT2D eigenvalue weighted by Crippen LogP contribution is 2.35. The van der Waals surface area contributed by atoms with Crippen LogP contribution in [0.2, 0.25) is 0 Å². The third kappa shape index (κ3) is 4.47. The fourth-order valence-corrected chi connectivity index (χ4v) is 3.40. The number of H-pyrrole nitrogens is 1. The lowest BCUT2D eigenvalue weighted by Crippen LogP contribution is -2.41. The number of rotatable bonds is 3. The van der Waals surface area contributed by atoms with Gasteiger partial charge in [-0.1, -0.05) is 0 Å². The van der Waals surface area contributed by atoms with Crippen LogP contribution in [0.1, 0.15) is 61.4 Å². The van der Waals surface area contributed by atoms with Gasteiger partial charge in [0, 0.05) is 30.3 Å². The molecule has 1 fully saturated rings. The van der Waals surface area contributed by atoms with Crippen molar-refractivity contribution in [2.75, 3.05) is 18.8 Å². The Kier molecular flexibility index (Phi) is 5.45. The highest BCUT2D eigenvalue weighted by molar-refractivity contribution is 5.91. The molecule has 0 aromatic carbocycles. The molecule has 0 bridgehead atoms. The number of aromatic carboxylic acids is 1. The Labute approximate surface area is 168 Å². The van der Waals surface area contributed by atoms with Crippen LogP contribution >= 0.6 is 0 Å². The van der Waals surface area contributed by atoms with Crippen LogP contribution in [0.15, 0.2) is 6.20 Å². The number of piperidine rings is 1. The predicted octanol–water partition coefficient (Wildman–Crippen LogP) is 2.57. The van der Waals surface area contributed by atoms with Crippen molar-refractivity contribution in [2.24, 2.45) is 0 Å². The number of aromatic amines is 1. The van der Waals surface area contributed by atoms with Gasteiger partial charge in [-0.15, -0.1) is 0 Å². The van der Waals surface area contributed by atoms with Crippen molar-refractivity contribution >= 4 is 17.9 Å². The summed E-state index contributed by atoms with van der Waals surface area (Å²) in [5, 5.41) is 16.7. The number of anilines is 1. The monoisotopic (exact) mass is 402 g/mol. The standard InChI is InChI=1S/C19H26N6O4/c1-10-13(12-9-21-16(20)15(22-12)17(26)27)14(24-23-10)11-5-7-25(8-6-11)18(28)29-19(2,3)4/h9,11H,5-8H2,1-4H3,(H2,20,21)(H,23,24)(H,26,27). The Morgan fingerprint density at radius 1 is 1.31 bits per heavy atom. The Bertz CT molecular complexity index is 925. The van der Waals surface area contributed by atoms with Gasteiger partial charge >= 0.3 is 12.1 Å². The van der Waals surface area contributed by atoms with Gasteiger partial charge < -0.3 is 20.5 Å². The highest BCUT2D eigenvalue weighted by Gasteiger charge is 2.31. The Morgan fingerprint density at radius 3 is 2.55 bits per heavy atom. The maximum absolute atomic E-state index is 12.3. The number of likely N-dealkylation sites (tertiary alicyclic amines) is 1. The molecule has 0 spiro atoms. The number of ether oxygens (including phenoxy) is 1. The van der Waals surface area contributed by atoms with Gasteiger partial charge in [0.15, 0.2) is 11.5 Å². The first-order chi connectivity index (χ1) is 13.6. The number of amides is 1. The summed E-state index contributed by atoms with van der Waals surface area (Å²) < 4.78 is 5.44. The molecule has 1 saturated heterocycles. The van der Waals surface area contributed by atoms with Crippen molar-refractivity contribution in [3.05, 3.63) is 23.3 Å². The van der Waals surface area contributed by atoms with E-state index in [9.17, 15) is 14.7 Å². The molecular weight excluding hydrogens is 376 g/mol. The molecule has 2 aromatic heterocycles. The molecule has 0 saturated carbocycles. The highest BCUT2D eigenvalue weighted by atomic mass is 16.6. The van der Waals surface area contributed by atoms with Crippen molar-refractivity contribution in [3.8, 4) is 11.3 Å². The van der Waals surface area contributed by atoms with Gasteiger partial charge in [-0.05, 0) is 40.5 Å². The van der Waals surface area contributed by atoms with Gasteiger partial charge in [-0.2, -0.15) is 5.10 Å². The van der Waals surface area contributed by atoms with E-state index in [2.05, 4.69) is 20.2 Å². The quantitative estimate of drug-likeness (QED) is 0.709. The van der Waals surface area contributed by atoms with Crippen molar-refractivity contribution < 1.29 is 19.4 Å². The zero-order valence-corrected chi connectivity index (χ0v) is 17.0. The molecule has 2 aromatic rings. The Hall–Kier alpha value is -3.17. The maximum atomic E-state index is 12.3. The predicted molar refractivity (Wildman–Crippen MR) is 106 cm³/mol. The number of carbonyl (C=O) groups is 2. The number of aryl methyl sites for hydroxylation is 1. The van der Waals surface area contributed by atoms with E-state index in [-0.39, 0.29) is 23.5 Å². The van der Waals surface area contributed by atoms with Gasteiger partial charge in [0.05, 0.1) is 17.6 Å². The van der Waals surface area contributed by atoms with E-state index in [4.69, 9.17) is 10.5 Å². The minimum atomic E-state index is -1.23. The van der Waals surface area contributed by atoms with Crippen molar-refractivity contribution in [2.45, 2.75) is 52.1 Å². The maximum Gasteiger partial charge on any atom is 0.410 e. The molecule has 29 heavy (non-hydrogen) atoms. The number of carboxylic acids is 1. The molecule has 0 atom stereocenters. The van der Waals surface area contributed by atoms with E-state index in [0.29, 0.717) is 31.6 Å². The van der Waals surface area contributed by atoms with E-state index < -0.39 is 11.6 Å². The smallest absolute Gasteiger partial charge is 0.410 e. The molecule has 0 unspecified atom stereocenters. The van der Waals surface area contributed by atoms with Gasteiger partial charge in [0.1, 0.15) is 5.60 Å². The first kappa shape index (κ1) is 20.6. The van der Waals surface area contributed by atoms with Crippen LogP contribution < -0.4 is 5.73 Å². The number of aromatic nitrogens is 4. The second-order valence-electron chi connectivity index (χ2n) is 8.14. The van der Waals surface area contributed by atoms with Gasteiger partial charge in [-0.25, -0.2) is 19.6 Å². The summed E-state index contributed by atoms with van der Waals surface area (Å²) in [6.45, 7) is 8.48. The zero-order chi connectivity index (χ0) is 21.3. The number of nitrogens with two attached hydrogens (primary N) is 1. The van der Waals surface area contributed by atoms with Crippen molar-refractivity contribution in [3.63, 3.8) is 0 Å². The number of carboxylic acid groups (broad SMARTS) is 1. The SMILES string of the molecule is Cc1[nH]nc(C2CCN(C(=O)OC(C)(C)C)CC2)c1-c1cnc(N)c(C(=O)O)n1.